The van der Waals surface area contributed by atoms with Gasteiger partial charge in [0, 0.05) is 18.6 Å². The average molecular weight is 394 g/mol. The molecule has 0 bridgehead atoms. The Morgan fingerprint density at radius 1 is 1.32 bits per heavy atom. The van der Waals surface area contributed by atoms with Crippen molar-refractivity contribution in [3.8, 4) is 0 Å². The van der Waals surface area contributed by atoms with Gasteiger partial charge in [0.1, 0.15) is 4.83 Å². The Morgan fingerprint density at radius 2 is 2.08 bits per heavy atom. The summed E-state index contributed by atoms with van der Waals surface area (Å²) in [6.45, 7) is 0.553. The summed E-state index contributed by atoms with van der Waals surface area (Å²) in [6, 6.07) is 9.33. The number of fused-ring (bicyclic) bond motifs is 1. The zero-order valence-corrected chi connectivity index (χ0v) is 15.9. The molecule has 3 aromatic rings. The SMILES string of the molecule is Cn1c(SCC(=O)NCCc2ccc(Cl)cc2)nc2sccc2c1=O. The molecule has 8 heteroatoms. The number of hydrogen-bond donors (Lipinski definition) is 1. The van der Waals surface area contributed by atoms with E-state index in [-0.39, 0.29) is 17.2 Å². The van der Waals surface area contributed by atoms with Crippen molar-refractivity contribution < 1.29 is 4.79 Å². The second kappa shape index (κ2) is 8.03. The van der Waals surface area contributed by atoms with Gasteiger partial charge < -0.3 is 5.32 Å². The molecule has 1 N–H and O–H groups in total. The predicted molar refractivity (Wildman–Crippen MR) is 104 cm³/mol. The number of nitrogens with zero attached hydrogens (tertiary/aromatic N) is 2. The fourth-order valence-corrected chi connectivity index (χ4v) is 4.02. The lowest BCUT2D eigenvalue weighted by Crippen LogP contribution is -2.28. The molecule has 0 aliphatic rings. The molecule has 0 radical (unpaired) electrons. The standard InChI is InChI=1S/C17H16ClN3O2S2/c1-21-16(23)13-7-9-24-15(13)20-17(21)25-10-14(22)19-8-6-11-2-4-12(18)5-3-11/h2-5,7,9H,6,8,10H2,1H3,(H,19,22). The number of thiophene rings is 1. The Labute approximate surface area is 158 Å². The smallest absolute Gasteiger partial charge is 0.262 e. The van der Waals surface area contributed by atoms with Crippen LogP contribution < -0.4 is 10.9 Å². The number of rotatable bonds is 6. The molecule has 0 aliphatic carbocycles. The van der Waals surface area contributed by atoms with Gasteiger partial charge in [-0.15, -0.1) is 11.3 Å². The molecule has 5 nitrogen and oxygen atoms in total. The number of halogens is 1. The molecule has 0 saturated heterocycles. The lowest BCUT2D eigenvalue weighted by Gasteiger charge is -2.08. The molecule has 1 amide bonds. The molecular weight excluding hydrogens is 378 g/mol. The number of benzene rings is 1. The highest BCUT2D eigenvalue weighted by molar-refractivity contribution is 7.99. The van der Waals surface area contributed by atoms with Gasteiger partial charge in [-0.3, -0.25) is 14.2 Å². The van der Waals surface area contributed by atoms with Crippen molar-refractivity contribution in [2.45, 2.75) is 11.6 Å². The van der Waals surface area contributed by atoms with E-state index in [0.717, 1.165) is 12.0 Å². The van der Waals surface area contributed by atoms with Crippen LogP contribution in [0.4, 0.5) is 0 Å². The van der Waals surface area contributed by atoms with Crippen molar-refractivity contribution in [2.75, 3.05) is 12.3 Å². The third-order valence-corrected chi connectivity index (χ3v) is 5.73. The minimum Gasteiger partial charge on any atom is -0.355 e. The Bertz CT molecular complexity index is 951. The van der Waals surface area contributed by atoms with Crippen molar-refractivity contribution in [3.63, 3.8) is 0 Å². The van der Waals surface area contributed by atoms with Gasteiger partial charge in [0.2, 0.25) is 5.91 Å². The molecule has 1 aromatic carbocycles. The van der Waals surface area contributed by atoms with Crippen LogP contribution in [0.1, 0.15) is 5.56 Å². The summed E-state index contributed by atoms with van der Waals surface area (Å²) in [4.78, 5) is 29.4. The summed E-state index contributed by atoms with van der Waals surface area (Å²) >= 11 is 8.53. The highest BCUT2D eigenvalue weighted by Crippen LogP contribution is 2.20. The lowest BCUT2D eigenvalue weighted by atomic mass is 10.1. The number of aromatic nitrogens is 2. The van der Waals surface area contributed by atoms with Gasteiger partial charge in [-0.05, 0) is 35.6 Å². The van der Waals surface area contributed by atoms with E-state index in [1.165, 1.54) is 27.7 Å². The van der Waals surface area contributed by atoms with Crippen LogP contribution in [0.2, 0.25) is 5.02 Å². The third-order valence-electron chi connectivity index (χ3n) is 3.65. The molecule has 130 valence electrons. The topological polar surface area (TPSA) is 64.0 Å². The van der Waals surface area contributed by atoms with Crippen LogP contribution in [0.15, 0.2) is 45.7 Å². The first kappa shape index (κ1) is 18.0. The number of carbonyl (C=O) groups excluding carboxylic acids is 1. The Hall–Kier alpha value is -1.83. The molecule has 0 fully saturated rings. The van der Waals surface area contributed by atoms with Crippen LogP contribution >= 0.6 is 34.7 Å². The quantitative estimate of drug-likeness (QED) is 0.516. The average Bonchev–Trinajstić information content (AvgIpc) is 3.07. The summed E-state index contributed by atoms with van der Waals surface area (Å²) in [5.74, 6) is 0.136. The van der Waals surface area contributed by atoms with E-state index in [9.17, 15) is 9.59 Å². The Morgan fingerprint density at radius 3 is 2.84 bits per heavy atom. The summed E-state index contributed by atoms with van der Waals surface area (Å²) in [5.41, 5.74) is 1.03. The zero-order chi connectivity index (χ0) is 17.8. The van der Waals surface area contributed by atoms with E-state index in [1.54, 1.807) is 13.1 Å². The molecule has 2 heterocycles. The number of thioether (sulfide) groups is 1. The van der Waals surface area contributed by atoms with Gasteiger partial charge in [0.25, 0.3) is 5.56 Å². The molecular formula is C17H16ClN3O2S2. The molecule has 0 aliphatic heterocycles. The van der Waals surface area contributed by atoms with E-state index in [2.05, 4.69) is 10.3 Å². The first-order chi connectivity index (χ1) is 12.0. The van der Waals surface area contributed by atoms with Crippen LogP contribution in [-0.4, -0.2) is 27.8 Å². The minimum absolute atomic E-state index is 0.0838. The van der Waals surface area contributed by atoms with Gasteiger partial charge in [-0.2, -0.15) is 0 Å². The first-order valence-corrected chi connectivity index (χ1v) is 9.87. The summed E-state index contributed by atoms with van der Waals surface area (Å²) in [6.07, 6.45) is 0.742. The molecule has 0 unspecified atom stereocenters. The van der Waals surface area contributed by atoms with Gasteiger partial charge in [-0.1, -0.05) is 35.5 Å². The second-order valence-electron chi connectivity index (χ2n) is 5.41. The molecule has 2 aromatic heterocycles. The molecule has 0 spiro atoms. The fraction of sp³-hybridized carbons (Fsp3) is 0.235. The van der Waals surface area contributed by atoms with Crippen LogP contribution in [0.3, 0.4) is 0 Å². The van der Waals surface area contributed by atoms with Crippen molar-refractivity contribution in [1.82, 2.24) is 14.9 Å². The van der Waals surface area contributed by atoms with E-state index < -0.39 is 0 Å². The van der Waals surface area contributed by atoms with Gasteiger partial charge in [-0.25, -0.2) is 4.98 Å². The summed E-state index contributed by atoms with van der Waals surface area (Å²) < 4.78 is 1.49. The summed E-state index contributed by atoms with van der Waals surface area (Å²) in [5, 5.41) is 6.58. The van der Waals surface area contributed by atoms with Gasteiger partial charge >= 0.3 is 0 Å². The van der Waals surface area contributed by atoms with Crippen LogP contribution in [0.25, 0.3) is 10.2 Å². The maximum absolute atomic E-state index is 12.2. The van der Waals surface area contributed by atoms with E-state index in [0.29, 0.717) is 26.9 Å². The van der Waals surface area contributed by atoms with E-state index in [1.807, 2.05) is 29.6 Å². The maximum atomic E-state index is 12.2. The van der Waals surface area contributed by atoms with Crippen LogP contribution in [-0.2, 0) is 18.3 Å². The van der Waals surface area contributed by atoms with Gasteiger partial charge in [0.15, 0.2) is 5.16 Å². The molecule has 25 heavy (non-hydrogen) atoms. The predicted octanol–water partition coefficient (Wildman–Crippen LogP) is 3.10. The van der Waals surface area contributed by atoms with Crippen LogP contribution in [0, 0.1) is 0 Å². The Kier molecular flexibility index (Phi) is 5.78. The number of hydrogen-bond acceptors (Lipinski definition) is 5. The zero-order valence-electron chi connectivity index (χ0n) is 13.5. The highest BCUT2D eigenvalue weighted by atomic mass is 35.5. The summed E-state index contributed by atoms with van der Waals surface area (Å²) in [7, 11) is 1.67. The first-order valence-electron chi connectivity index (χ1n) is 7.63. The molecule has 0 atom stereocenters. The number of nitrogens with one attached hydrogen (secondary N) is 1. The largest absolute Gasteiger partial charge is 0.355 e. The molecule has 0 saturated carbocycles. The molecule has 3 rings (SSSR count). The van der Waals surface area contributed by atoms with Crippen molar-refractivity contribution in [1.29, 1.82) is 0 Å². The van der Waals surface area contributed by atoms with Crippen molar-refractivity contribution in [2.24, 2.45) is 7.05 Å². The third kappa shape index (κ3) is 4.42. The monoisotopic (exact) mass is 393 g/mol. The minimum atomic E-state index is -0.0862. The number of amides is 1. The maximum Gasteiger partial charge on any atom is 0.262 e. The van der Waals surface area contributed by atoms with Gasteiger partial charge in [0.05, 0.1) is 11.1 Å². The second-order valence-corrected chi connectivity index (χ2v) is 7.69. The van der Waals surface area contributed by atoms with Crippen LogP contribution in [0.5, 0.6) is 0 Å². The fourth-order valence-electron chi connectivity index (χ4n) is 2.29. The van der Waals surface area contributed by atoms with Crippen molar-refractivity contribution in [3.05, 3.63) is 56.7 Å². The Balaban J connectivity index is 1.53. The van der Waals surface area contributed by atoms with Crippen molar-refractivity contribution >= 4 is 50.8 Å². The highest BCUT2D eigenvalue weighted by Gasteiger charge is 2.11. The number of carbonyl (C=O) groups is 1. The van der Waals surface area contributed by atoms with E-state index >= 15 is 0 Å². The normalized spacial score (nSPS) is 11.0. The lowest BCUT2D eigenvalue weighted by molar-refractivity contribution is -0.118. The van der Waals surface area contributed by atoms with E-state index in [4.69, 9.17) is 11.6 Å².